The van der Waals surface area contributed by atoms with Crippen LogP contribution in [0.3, 0.4) is 0 Å². The molecule has 3 unspecified atom stereocenters. The summed E-state index contributed by atoms with van der Waals surface area (Å²) >= 11 is 0. The maximum atomic E-state index is 10.5. The summed E-state index contributed by atoms with van der Waals surface area (Å²) in [5, 5.41) is 23.0. The van der Waals surface area contributed by atoms with Crippen LogP contribution in [-0.4, -0.2) is 65.8 Å². The molecule has 0 bridgehead atoms. The number of ether oxygens (including phenoxy) is 1. The van der Waals surface area contributed by atoms with E-state index in [0.717, 1.165) is 43.2 Å². The molecule has 0 spiro atoms. The topological polar surface area (TPSA) is 93.5 Å². The van der Waals surface area contributed by atoms with Crippen molar-refractivity contribution >= 4 is 23.3 Å². The molecule has 0 amide bonds. The van der Waals surface area contributed by atoms with Crippen LogP contribution in [0.25, 0.3) is 11.6 Å². The van der Waals surface area contributed by atoms with E-state index >= 15 is 0 Å². The van der Waals surface area contributed by atoms with Crippen molar-refractivity contribution < 1.29 is 9.94 Å². The fraction of sp³-hybridized carbons (Fsp3) is 0.543. The summed E-state index contributed by atoms with van der Waals surface area (Å²) in [6.07, 6.45) is 16.3. The Kier molecular flexibility index (Phi) is 7.78. The van der Waals surface area contributed by atoms with Crippen molar-refractivity contribution in [2.24, 2.45) is 27.7 Å². The third kappa shape index (κ3) is 5.61. The maximum absolute atomic E-state index is 10.5. The van der Waals surface area contributed by atoms with Gasteiger partial charge in [-0.2, -0.15) is 5.06 Å². The van der Waals surface area contributed by atoms with Gasteiger partial charge < -0.3 is 25.9 Å². The lowest BCUT2D eigenvalue weighted by molar-refractivity contribution is -0.0869. The molecule has 0 radical (unpaired) electrons. The molecule has 6 aliphatic rings. The van der Waals surface area contributed by atoms with Crippen LogP contribution >= 0.6 is 0 Å². The van der Waals surface area contributed by atoms with Gasteiger partial charge in [0.15, 0.2) is 0 Å². The number of hydrogen-bond donors (Lipinski definition) is 4. The number of allylic oxidation sites excluding steroid dienone is 1. The van der Waals surface area contributed by atoms with Gasteiger partial charge in [0.25, 0.3) is 0 Å². The molecule has 8 heteroatoms. The molecule has 4 aliphatic heterocycles. The highest BCUT2D eigenvalue weighted by atomic mass is 16.5. The Morgan fingerprint density at radius 3 is 3.00 bits per heavy atom. The molecule has 8 nitrogen and oxygen atoms in total. The summed E-state index contributed by atoms with van der Waals surface area (Å²) < 4.78 is 6.39. The largest absolute Gasteiger partial charge is 0.488 e. The third-order valence-electron chi connectivity index (χ3n) is 9.91. The zero-order chi connectivity index (χ0) is 29.7. The fourth-order valence-corrected chi connectivity index (χ4v) is 7.88. The molecule has 0 saturated carbocycles. The molecule has 228 valence electrons. The van der Waals surface area contributed by atoms with E-state index in [2.05, 4.69) is 84.7 Å². The van der Waals surface area contributed by atoms with Crippen molar-refractivity contribution in [3.63, 3.8) is 0 Å². The van der Waals surface area contributed by atoms with Crippen molar-refractivity contribution in [3.8, 4) is 5.75 Å². The van der Waals surface area contributed by atoms with Gasteiger partial charge in [0, 0.05) is 30.9 Å². The van der Waals surface area contributed by atoms with Gasteiger partial charge in [-0.1, -0.05) is 51.7 Å². The fourth-order valence-electron chi connectivity index (χ4n) is 7.88. The first kappa shape index (κ1) is 28.6. The Morgan fingerprint density at radius 2 is 2.21 bits per heavy atom. The van der Waals surface area contributed by atoms with Crippen LogP contribution in [-0.2, 0) is 0 Å². The lowest BCUT2D eigenvalue weighted by Gasteiger charge is -2.31. The van der Waals surface area contributed by atoms with E-state index < -0.39 is 0 Å². The van der Waals surface area contributed by atoms with Gasteiger partial charge in [0.2, 0.25) is 0 Å². The van der Waals surface area contributed by atoms with Crippen LogP contribution in [0, 0.1) is 17.8 Å². The zero-order valence-corrected chi connectivity index (χ0v) is 25.7. The monoisotopic (exact) mass is 582 g/mol. The first-order valence-electron chi connectivity index (χ1n) is 16.2. The van der Waals surface area contributed by atoms with Gasteiger partial charge in [0.1, 0.15) is 24.0 Å². The van der Waals surface area contributed by atoms with E-state index in [1.165, 1.54) is 45.7 Å². The second-order valence-corrected chi connectivity index (χ2v) is 13.7. The Balaban J connectivity index is 1.02. The van der Waals surface area contributed by atoms with Gasteiger partial charge >= 0.3 is 0 Å². The van der Waals surface area contributed by atoms with Crippen molar-refractivity contribution in [2.75, 3.05) is 19.7 Å². The highest BCUT2D eigenvalue weighted by Gasteiger charge is 2.40. The van der Waals surface area contributed by atoms with Crippen molar-refractivity contribution in [1.82, 2.24) is 21.0 Å². The molecule has 0 aromatic heterocycles. The van der Waals surface area contributed by atoms with Gasteiger partial charge in [-0.25, -0.2) is 4.99 Å². The van der Waals surface area contributed by atoms with Crippen LogP contribution < -0.4 is 20.7 Å². The van der Waals surface area contributed by atoms with Crippen LogP contribution in [0.2, 0.25) is 0 Å². The number of rotatable bonds is 7. The molecule has 2 saturated heterocycles. The van der Waals surface area contributed by atoms with Crippen LogP contribution in [0.5, 0.6) is 5.75 Å². The molecule has 4 N–H and O–H groups in total. The number of hydroxylamine groups is 2. The number of amidine groups is 2. The highest BCUT2D eigenvalue weighted by molar-refractivity contribution is 5.92. The van der Waals surface area contributed by atoms with Crippen LogP contribution in [0.1, 0.15) is 75.6 Å². The van der Waals surface area contributed by atoms with Gasteiger partial charge in [0.05, 0.1) is 24.2 Å². The van der Waals surface area contributed by atoms with Crippen molar-refractivity contribution in [1.29, 1.82) is 0 Å². The maximum Gasteiger partial charge on any atom is 0.128 e. The molecule has 7 rings (SSSR count). The number of aliphatic imine (C=N–C) groups is 2. The summed E-state index contributed by atoms with van der Waals surface area (Å²) in [7, 11) is 0. The molecule has 2 fully saturated rings. The van der Waals surface area contributed by atoms with E-state index in [1.807, 2.05) is 0 Å². The predicted molar refractivity (Wildman–Crippen MR) is 173 cm³/mol. The quantitative estimate of drug-likeness (QED) is 0.260. The van der Waals surface area contributed by atoms with E-state index in [0.29, 0.717) is 36.9 Å². The summed E-state index contributed by atoms with van der Waals surface area (Å²) in [4.78, 5) is 9.60. The molecule has 2 aliphatic carbocycles. The lowest BCUT2D eigenvalue weighted by atomic mass is 9.82. The smallest absolute Gasteiger partial charge is 0.128 e. The predicted octanol–water partition coefficient (Wildman–Crippen LogP) is 5.24. The molecule has 1 aromatic carbocycles. The molecule has 7 atom stereocenters. The molecule has 4 heterocycles. The van der Waals surface area contributed by atoms with Crippen molar-refractivity contribution in [3.05, 3.63) is 65.4 Å². The standard InChI is InChI=1S/C35H46N6O2/c1-5-36-34(30-11-8-25(38-30)12-20(2)3)37-17-22-6-9-26-24(14-22)19-43-32-16-27-23(15-28(26)32)7-10-29-33(27)40-35(39-29)31-13-21(4)18-41(31)42/h5,7,9-10,14-16,20-22,25,29-31,33,38,42H,1,6,8,11-13,17-19H2,2-4H3,(H,36,37)(H,39,40)/t21-,22?,25+,29?,30-,31-,33?/m0/s1. The minimum atomic E-state index is -0.0517. The van der Waals surface area contributed by atoms with Crippen LogP contribution in [0.15, 0.2) is 58.7 Å². The second-order valence-electron chi connectivity index (χ2n) is 13.7. The van der Waals surface area contributed by atoms with E-state index in [4.69, 9.17) is 9.73 Å². The Bertz CT molecular complexity index is 1420. The molecule has 1 aromatic rings. The highest BCUT2D eigenvalue weighted by Crippen LogP contribution is 2.44. The first-order valence-corrected chi connectivity index (χ1v) is 16.2. The minimum absolute atomic E-state index is 0.0427. The Labute approximate surface area is 255 Å². The van der Waals surface area contributed by atoms with Gasteiger partial charge in [-0.15, -0.1) is 0 Å². The summed E-state index contributed by atoms with van der Waals surface area (Å²) in [5.41, 5.74) is 6.18. The van der Waals surface area contributed by atoms with Gasteiger partial charge in [-0.3, -0.25) is 4.99 Å². The molecule has 43 heavy (non-hydrogen) atoms. The van der Waals surface area contributed by atoms with E-state index in [-0.39, 0.29) is 24.2 Å². The summed E-state index contributed by atoms with van der Waals surface area (Å²) in [5.74, 6) is 4.40. The summed E-state index contributed by atoms with van der Waals surface area (Å²) in [6.45, 7) is 12.7. The number of nitrogens with zero attached hydrogens (tertiary/aromatic N) is 3. The average Bonchev–Trinajstić information content (AvgIpc) is 3.71. The normalized spacial score (nSPS) is 33.0. The number of benzene rings is 1. The number of hydrogen-bond acceptors (Lipinski definition) is 7. The van der Waals surface area contributed by atoms with Gasteiger partial charge in [-0.05, 0) is 84.3 Å². The molecular weight excluding hydrogens is 536 g/mol. The summed E-state index contributed by atoms with van der Waals surface area (Å²) in [6, 6.07) is 5.41. The first-order chi connectivity index (χ1) is 20.9. The third-order valence-corrected chi connectivity index (χ3v) is 9.91. The SMILES string of the molecule is C=C/N=C(\NCC1C=C2COc3cc4c(cc3C2=CC1)C=CC1N=C([C@@H]2C[C@H](C)CN2O)NC41)[C@@H]1CC[C@H](CC(C)C)N1. The Hall–Kier alpha value is -3.20. The molecular formula is C35H46N6O2. The van der Waals surface area contributed by atoms with Crippen LogP contribution in [0.4, 0.5) is 0 Å². The Morgan fingerprint density at radius 1 is 1.33 bits per heavy atom. The zero-order valence-electron chi connectivity index (χ0n) is 25.7. The second kappa shape index (κ2) is 11.7. The number of fused-ring (bicyclic) bond motifs is 6. The number of nitrogens with one attached hydrogen (secondary N) is 3. The minimum Gasteiger partial charge on any atom is -0.488 e. The average molecular weight is 583 g/mol. The van der Waals surface area contributed by atoms with Crippen molar-refractivity contribution in [2.45, 2.75) is 83.1 Å². The lowest BCUT2D eigenvalue weighted by Crippen LogP contribution is -2.44. The van der Waals surface area contributed by atoms with E-state index in [1.54, 1.807) is 6.20 Å². The van der Waals surface area contributed by atoms with E-state index in [9.17, 15) is 5.21 Å².